The number of halogens is 2. The van der Waals surface area contributed by atoms with E-state index in [1.807, 2.05) is 30.3 Å². The SMILES string of the molecule is COc1cc(/C=C(/C#N)c2ccccc2F)cc(Br)c1OCc1ccccc1. The van der Waals surface area contributed by atoms with Crippen molar-refractivity contribution >= 4 is 27.6 Å². The van der Waals surface area contributed by atoms with E-state index in [1.165, 1.54) is 6.07 Å². The minimum Gasteiger partial charge on any atom is -0.493 e. The molecule has 3 nitrogen and oxygen atoms in total. The number of methoxy groups -OCH3 is 1. The average molecular weight is 438 g/mol. The van der Waals surface area contributed by atoms with Gasteiger partial charge in [-0.2, -0.15) is 5.26 Å². The Labute approximate surface area is 171 Å². The first kappa shape index (κ1) is 19.7. The fraction of sp³-hybridized carbons (Fsp3) is 0.0870. The molecule has 28 heavy (non-hydrogen) atoms. The van der Waals surface area contributed by atoms with Crippen LogP contribution in [0.3, 0.4) is 0 Å². The van der Waals surface area contributed by atoms with Crippen LogP contribution in [-0.2, 0) is 6.61 Å². The fourth-order valence-corrected chi connectivity index (χ4v) is 3.28. The molecule has 0 fully saturated rings. The van der Waals surface area contributed by atoms with Gasteiger partial charge in [-0.3, -0.25) is 0 Å². The summed E-state index contributed by atoms with van der Waals surface area (Å²) in [4.78, 5) is 0. The van der Waals surface area contributed by atoms with Gasteiger partial charge in [0.2, 0.25) is 0 Å². The van der Waals surface area contributed by atoms with E-state index in [0.29, 0.717) is 28.1 Å². The minimum absolute atomic E-state index is 0.227. The lowest BCUT2D eigenvalue weighted by atomic mass is 10.0. The van der Waals surface area contributed by atoms with Crippen LogP contribution in [0.15, 0.2) is 71.2 Å². The minimum atomic E-state index is -0.441. The molecule has 0 saturated carbocycles. The van der Waals surface area contributed by atoms with E-state index in [4.69, 9.17) is 9.47 Å². The van der Waals surface area contributed by atoms with Gasteiger partial charge in [-0.05, 0) is 51.3 Å². The van der Waals surface area contributed by atoms with Gasteiger partial charge in [0.15, 0.2) is 11.5 Å². The third-order valence-electron chi connectivity index (χ3n) is 4.07. The summed E-state index contributed by atoms with van der Waals surface area (Å²) in [6.07, 6.45) is 1.62. The van der Waals surface area contributed by atoms with E-state index in [2.05, 4.69) is 22.0 Å². The molecule has 0 aliphatic rings. The van der Waals surface area contributed by atoms with E-state index < -0.39 is 5.82 Å². The van der Waals surface area contributed by atoms with Crippen molar-refractivity contribution in [2.24, 2.45) is 0 Å². The molecule has 0 amide bonds. The summed E-state index contributed by atoms with van der Waals surface area (Å²) >= 11 is 3.50. The number of hydrogen-bond acceptors (Lipinski definition) is 3. The monoisotopic (exact) mass is 437 g/mol. The van der Waals surface area contributed by atoms with Crippen LogP contribution < -0.4 is 9.47 Å². The molecule has 0 radical (unpaired) electrons. The Balaban J connectivity index is 1.92. The lowest BCUT2D eigenvalue weighted by Crippen LogP contribution is -1.99. The standard InChI is InChI=1S/C23H17BrFNO2/c1-27-22-13-17(11-18(14-26)19-9-5-6-10-21(19)25)12-20(24)23(22)28-15-16-7-3-2-4-8-16/h2-13H,15H2,1H3/b18-11-. The summed E-state index contributed by atoms with van der Waals surface area (Å²) in [5, 5.41) is 9.47. The Hall–Kier alpha value is -3.10. The van der Waals surface area contributed by atoms with Gasteiger partial charge in [0.1, 0.15) is 12.4 Å². The first-order chi connectivity index (χ1) is 13.6. The first-order valence-corrected chi connectivity index (χ1v) is 9.32. The first-order valence-electron chi connectivity index (χ1n) is 8.53. The number of allylic oxidation sites excluding steroid dienone is 1. The maximum absolute atomic E-state index is 14.0. The molecule has 0 N–H and O–H groups in total. The van der Waals surface area contributed by atoms with Gasteiger partial charge < -0.3 is 9.47 Å². The number of benzene rings is 3. The predicted octanol–water partition coefficient (Wildman–Crippen LogP) is 6.24. The normalized spacial score (nSPS) is 11.0. The molecule has 0 aliphatic carbocycles. The van der Waals surface area contributed by atoms with Crippen molar-refractivity contribution in [3.05, 3.63) is 93.7 Å². The van der Waals surface area contributed by atoms with Crippen LogP contribution in [-0.4, -0.2) is 7.11 Å². The maximum Gasteiger partial charge on any atom is 0.175 e. The zero-order valence-electron chi connectivity index (χ0n) is 15.2. The number of ether oxygens (including phenoxy) is 2. The summed E-state index contributed by atoms with van der Waals surface area (Å²) in [5.74, 6) is 0.638. The highest BCUT2D eigenvalue weighted by Crippen LogP contribution is 2.38. The molecule has 0 spiro atoms. The molecule has 5 heteroatoms. The second kappa shape index (κ2) is 9.20. The van der Waals surface area contributed by atoms with Crippen molar-refractivity contribution in [2.45, 2.75) is 6.61 Å². The Bertz CT molecular complexity index is 1040. The van der Waals surface area contributed by atoms with Crippen molar-refractivity contribution in [1.29, 1.82) is 5.26 Å². The van der Waals surface area contributed by atoms with Crippen LogP contribution in [0, 0.1) is 17.1 Å². The second-order valence-corrected chi connectivity index (χ2v) is 6.81. The Morgan fingerprint density at radius 2 is 1.82 bits per heavy atom. The van der Waals surface area contributed by atoms with Crippen LogP contribution in [0.5, 0.6) is 11.5 Å². The van der Waals surface area contributed by atoms with Gasteiger partial charge >= 0.3 is 0 Å². The third kappa shape index (κ3) is 4.59. The molecule has 0 aliphatic heterocycles. The molecule has 0 bridgehead atoms. The molecule has 3 rings (SSSR count). The van der Waals surface area contributed by atoms with E-state index in [9.17, 15) is 9.65 Å². The highest BCUT2D eigenvalue weighted by atomic mass is 79.9. The van der Waals surface area contributed by atoms with Crippen LogP contribution in [0.4, 0.5) is 4.39 Å². The molecule has 3 aromatic carbocycles. The third-order valence-corrected chi connectivity index (χ3v) is 4.66. The van der Waals surface area contributed by atoms with Gasteiger partial charge in [-0.1, -0.05) is 48.5 Å². The van der Waals surface area contributed by atoms with E-state index in [1.54, 1.807) is 43.5 Å². The van der Waals surface area contributed by atoms with Crippen LogP contribution in [0.25, 0.3) is 11.6 Å². The summed E-state index contributed by atoms with van der Waals surface area (Å²) < 4.78 is 26.1. The predicted molar refractivity (Wildman–Crippen MR) is 111 cm³/mol. The van der Waals surface area contributed by atoms with Gasteiger partial charge in [-0.25, -0.2) is 4.39 Å². The average Bonchev–Trinajstić information content (AvgIpc) is 2.72. The molecule has 0 unspecified atom stereocenters. The molecular formula is C23H17BrFNO2. The van der Waals surface area contributed by atoms with E-state index in [-0.39, 0.29) is 11.1 Å². The second-order valence-electron chi connectivity index (χ2n) is 5.96. The number of nitrogens with zero attached hydrogens (tertiary/aromatic N) is 1. The summed E-state index contributed by atoms with van der Waals surface area (Å²) in [7, 11) is 1.55. The number of rotatable bonds is 6. The van der Waals surface area contributed by atoms with Crippen molar-refractivity contribution in [1.82, 2.24) is 0 Å². The highest BCUT2D eigenvalue weighted by Gasteiger charge is 2.13. The zero-order valence-corrected chi connectivity index (χ0v) is 16.7. The van der Waals surface area contributed by atoms with Gasteiger partial charge in [0.25, 0.3) is 0 Å². The smallest absolute Gasteiger partial charge is 0.175 e. The van der Waals surface area contributed by atoms with E-state index in [0.717, 1.165) is 5.56 Å². The topological polar surface area (TPSA) is 42.2 Å². The highest BCUT2D eigenvalue weighted by molar-refractivity contribution is 9.10. The summed E-state index contributed by atoms with van der Waals surface area (Å²) in [6, 6.07) is 21.6. The van der Waals surface area contributed by atoms with Gasteiger partial charge in [0.05, 0.1) is 23.2 Å². The maximum atomic E-state index is 14.0. The van der Waals surface area contributed by atoms with Gasteiger partial charge in [0, 0.05) is 5.56 Å². The number of hydrogen-bond donors (Lipinski definition) is 0. The van der Waals surface area contributed by atoms with Gasteiger partial charge in [-0.15, -0.1) is 0 Å². The lowest BCUT2D eigenvalue weighted by Gasteiger charge is -2.14. The Kier molecular flexibility index (Phi) is 6.46. The van der Waals surface area contributed by atoms with Crippen molar-refractivity contribution in [3.63, 3.8) is 0 Å². The fourth-order valence-electron chi connectivity index (χ4n) is 2.71. The van der Waals surface area contributed by atoms with E-state index >= 15 is 0 Å². The molecular weight excluding hydrogens is 421 g/mol. The number of nitriles is 1. The zero-order chi connectivity index (χ0) is 19.9. The van der Waals surface area contributed by atoms with Crippen molar-refractivity contribution in [3.8, 4) is 17.6 Å². The summed E-state index contributed by atoms with van der Waals surface area (Å²) in [5.41, 5.74) is 2.21. The molecule has 0 atom stereocenters. The largest absolute Gasteiger partial charge is 0.493 e. The van der Waals surface area contributed by atoms with Crippen molar-refractivity contribution < 1.29 is 13.9 Å². The Morgan fingerprint density at radius 3 is 2.50 bits per heavy atom. The van der Waals surface area contributed by atoms with Crippen LogP contribution in [0.2, 0.25) is 0 Å². The summed E-state index contributed by atoms with van der Waals surface area (Å²) in [6.45, 7) is 0.393. The molecule has 0 saturated heterocycles. The van der Waals surface area contributed by atoms with Crippen molar-refractivity contribution in [2.75, 3.05) is 7.11 Å². The lowest BCUT2D eigenvalue weighted by molar-refractivity contribution is 0.282. The van der Waals surface area contributed by atoms with Crippen LogP contribution >= 0.6 is 15.9 Å². The Morgan fingerprint density at radius 1 is 1.11 bits per heavy atom. The quantitative estimate of drug-likeness (QED) is 0.338. The van der Waals surface area contributed by atoms with Crippen LogP contribution in [0.1, 0.15) is 16.7 Å². The molecule has 140 valence electrons. The molecule has 3 aromatic rings. The molecule has 0 heterocycles. The molecule has 0 aromatic heterocycles.